The highest BCUT2D eigenvalue weighted by molar-refractivity contribution is 5.55. The molecule has 31 heavy (non-hydrogen) atoms. The lowest BCUT2D eigenvalue weighted by Gasteiger charge is -2.13. The van der Waals surface area contributed by atoms with Crippen LogP contribution in [0.25, 0.3) is 0 Å². The number of aromatic nitrogens is 4. The summed E-state index contributed by atoms with van der Waals surface area (Å²) in [6.45, 7) is 2.25. The van der Waals surface area contributed by atoms with Gasteiger partial charge in [-0.25, -0.2) is 4.98 Å². The Hall–Kier alpha value is -4.51. The normalized spacial score (nSPS) is 10.3. The minimum atomic E-state index is -0.504. The lowest BCUT2D eigenvalue weighted by molar-refractivity contribution is 0.463. The second-order valence-electron chi connectivity index (χ2n) is 6.78. The van der Waals surface area contributed by atoms with Crippen molar-refractivity contribution in [1.29, 1.82) is 5.26 Å². The van der Waals surface area contributed by atoms with Gasteiger partial charge in [-0.15, -0.1) is 10.2 Å². The molecule has 0 fully saturated rings. The van der Waals surface area contributed by atoms with Crippen LogP contribution < -0.4 is 15.6 Å². The van der Waals surface area contributed by atoms with Crippen molar-refractivity contribution in [3.05, 3.63) is 100 Å². The molecule has 2 heterocycles. The van der Waals surface area contributed by atoms with Crippen molar-refractivity contribution in [1.82, 2.24) is 19.7 Å². The number of nitrogens with zero attached hydrogens (tertiary/aromatic N) is 5. The predicted octanol–water partition coefficient (Wildman–Crippen LogP) is 3.80. The summed E-state index contributed by atoms with van der Waals surface area (Å²) in [5.74, 6) is 1.35. The molecule has 0 aliphatic rings. The predicted molar refractivity (Wildman–Crippen MR) is 115 cm³/mol. The van der Waals surface area contributed by atoms with Crippen LogP contribution in [-0.2, 0) is 6.54 Å². The summed E-state index contributed by atoms with van der Waals surface area (Å²) >= 11 is 0. The Balaban J connectivity index is 1.59. The zero-order valence-corrected chi connectivity index (χ0v) is 16.7. The maximum Gasteiger partial charge on any atom is 0.292 e. The zero-order valence-electron chi connectivity index (χ0n) is 16.7. The van der Waals surface area contributed by atoms with Crippen molar-refractivity contribution in [2.75, 3.05) is 5.32 Å². The summed E-state index contributed by atoms with van der Waals surface area (Å²) in [5, 5.41) is 20.1. The molecule has 4 rings (SSSR count). The van der Waals surface area contributed by atoms with Gasteiger partial charge in [0.05, 0.1) is 6.54 Å². The molecule has 2 aromatic carbocycles. The molecule has 152 valence electrons. The van der Waals surface area contributed by atoms with Crippen LogP contribution in [0.2, 0.25) is 0 Å². The quantitative estimate of drug-likeness (QED) is 0.515. The van der Waals surface area contributed by atoms with Crippen LogP contribution in [0.4, 0.5) is 11.6 Å². The number of aryl methyl sites for hydroxylation is 1. The molecule has 8 nitrogen and oxygen atoms in total. The maximum atomic E-state index is 12.7. The largest absolute Gasteiger partial charge is 0.439 e. The minimum Gasteiger partial charge on any atom is -0.439 e. The van der Waals surface area contributed by atoms with E-state index in [4.69, 9.17) is 4.74 Å². The summed E-state index contributed by atoms with van der Waals surface area (Å²) in [6.07, 6.45) is 1.65. The van der Waals surface area contributed by atoms with E-state index in [-0.39, 0.29) is 18.2 Å². The molecule has 0 aliphatic carbocycles. The Kier molecular flexibility index (Phi) is 5.67. The Morgan fingerprint density at radius 1 is 1.03 bits per heavy atom. The molecule has 0 amide bonds. The fourth-order valence-corrected chi connectivity index (χ4v) is 2.87. The molecular formula is C23H18N6O2. The first-order valence-electron chi connectivity index (χ1n) is 9.51. The minimum absolute atomic E-state index is 0.239. The molecule has 2 aromatic heterocycles. The van der Waals surface area contributed by atoms with E-state index in [1.807, 2.05) is 43.3 Å². The molecule has 0 aliphatic heterocycles. The second-order valence-corrected chi connectivity index (χ2v) is 6.78. The number of hydrogen-bond donors (Lipinski definition) is 1. The Labute approximate surface area is 178 Å². The van der Waals surface area contributed by atoms with Gasteiger partial charge in [-0.05, 0) is 42.8 Å². The number of nitriles is 1. The average Bonchev–Trinajstić information content (AvgIpc) is 2.80. The van der Waals surface area contributed by atoms with Crippen LogP contribution in [-0.4, -0.2) is 19.7 Å². The first-order valence-corrected chi connectivity index (χ1v) is 9.51. The van der Waals surface area contributed by atoms with E-state index in [1.54, 1.807) is 42.6 Å². The second kappa shape index (κ2) is 8.88. The first kappa shape index (κ1) is 19.8. The van der Waals surface area contributed by atoms with Crippen molar-refractivity contribution in [3.63, 3.8) is 0 Å². The van der Waals surface area contributed by atoms with Gasteiger partial charge in [-0.1, -0.05) is 35.9 Å². The lowest BCUT2D eigenvalue weighted by atomic mass is 10.1. The summed E-state index contributed by atoms with van der Waals surface area (Å²) < 4.78 is 7.08. The molecule has 0 atom stereocenters. The number of benzene rings is 2. The molecular weight excluding hydrogens is 392 g/mol. The van der Waals surface area contributed by atoms with E-state index in [1.165, 1.54) is 4.57 Å². The molecule has 0 saturated heterocycles. The summed E-state index contributed by atoms with van der Waals surface area (Å²) in [4.78, 5) is 16.8. The van der Waals surface area contributed by atoms with Gasteiger partial charge in [0.1, 0.15) is 11.8 Å². The smallest absolute Gasteiger partial charge is 0.292 e. The maximum absolute atomic E-state index is 12.7. The van der Waals surface area contributed by atoms with Gasteiger partial charge in [-0.3, -0.25) is 9.36 Å². The third-order valence-electron chi connectivity index (χ3n) is 4.49. The van der Waals surface area contributed by atoms with Gasteiger partial charge in [0.2, 0.25) is 17.5 Å². The van der Waals surface area contributed by atoms with Gasteiger partial charge in [0, 0.05) is 18.0 Å². The fraction of sp³-hybridized carbons (Fsp3) is 0.0870. The Bertz CT molecular complexity index is 1280. The topological polar surface area (TPSA) is 106 Å². The van der Waals surface area contributed by atoms with E-state index in [2.05, 4.69) is 20.5 Å². The average molecular weight is 410 g/mol. The number of hydrogen-bond acceptors (Lipinski definition) is 7. The highest BCUT2D eigenvalue weighted by Gasteiger charge is 2.13. The van der Waals surface area contributed by atoms with Crippen LogP contribution in [0.15, 0.2) is 77.7 Å². The highest BCUT2D eigenvalue weighted by atomic mass is 16.5. The van der Waals surface area contributed by atoms with Crippen LogP contribution in [0, 0.1) is 18.3 Å². The Morgan fingerprint density at radius 3 is 2.48 bits per heavy atom. The standard InChI is InChI=1S/C23H18N6O2/c1-16-5-7-17(8-6-16)15-29-22(30)20(14-24)27-28-23(29)26-18-9-11-19(12-10-18)31-21-4-2-3-13-25-21/h2-13H,15H2,1H3,(H,26,28). The molecule has 0 saturated carbocycles. The fourth-order valence-electron chi connectivity index (χ4n) is 2.87. The van der Waals surface area contributed by atoms with Gasteiger partial charge >= 0.3 is 0 Å². The number of nitrogens with one attached hydrogen (secondary N) is 1. The number of pyridine rings is 1. The monoisotopic (exact) mass is 410 g/mol. The molecule has 4 aromatic rings. The number of anilines is 2. The third-order valence-corrected chi connectivity index (χ3v) is 4.49. The zero-order chi connectivity index (χ0) is 21.6. The van der Waals surface area contributed by atoms with Crippen LogP contribution in [0.5, 0.6) is 11.6 Å². The summed E-state index contributed by atoms with van der Waals surface area (Å²) in [6, 6.07) is 22.1. The van der Waals surface area contributed by atoms with Crippen molar-refractivity contribution >= 4 is 11.6 Å². The molecule has 8 heteroatoms. The molecule has 0 bridgehead atoms. The van der Waals surface area contributed by atoms with Crippen molar-refractivity contribution < 1.29 is 4.74 Å². The van der Waals surface area contributed by atoms with E-state index in [0.29, 0.717) is 17.3 Å². The molecule has 0 spiro atoms. The van der Waals surface area contributed by atoms with Gasteiger partial charge < -0.3 is 10.1 Å². The third kappa shape index (κ3) is 4.74. The van der Waals surface area contributed by atoms with Crippen molar-refractivity contribution in [3.8, 4) is 17.7 Å². The van der Waals surface area contributed by atoms with Gasteiger partial charge in [0.15, 0.2) is 0 Å². The van der Waals surface area contributed by atoms with E-state index >= 15 is 0 Å². The SMILES string of the molecule is Cc1ccc(Cn2c(Nc3ccc(Oc4ccccn4)cc3)nnc(C#N)c2=O)cc1. The van der Waals surface area contributed by atoms with Crippen LogP contribution in [0.3, 0.4) is 0 Å². The molecule has 1 N–H and O–H groups in total. The van der Waals surface area contributed by atoms with Crippen LogP contribution in [0.1, 0.15) is 16.8 Å². The van der Waals surface area contributed by atoms with Crippen molar-refractivity contribution in [2.24, 2.45) is 0 Å². The first-order chi connectivity index (χ1) is 15.1. The van der Waals surface area contributed by atoms with E-state index < -0.39 is 5.56 Å². The highest BCUT2D eigenvalue weighted by Crippen LogP contribution is 2.22. The van der Waals surface area contributed by atoms with Gasteiger partial charge in [-0.2, -0.15) is 5.26 Å². The lowest BCUT2D eigenvalue weighted by Crippen LogP contribution is -2.28. The Morgan fingerprint density at radius 2 is 1.81 bits per heavy atom. The number of rotatable bonds is 6. The van der Waals surface area contributed by atoms with Crippen LogP contribution >= 0.6 is 0 Å². The van der Waals surface area contributed by atoms with Crippen molar-refractivity contribution in [2.45, 2.75) is 13.5 Å². The summed E-state index contributed by atoms with van der Waals surface area (Å²) in [5.41, 5.74) is 1.96. The van der Waals surface area contributed by atoms with Gasteiger partial charge in [0.25, 0.3) is 5.56 Å². The molecule has 0 radical (unpaired) electrons. The van der Waals surface area contributed by atoms with E-state index in [9.17, 15) is 10.1 Å². The van der Waals surface area contributed by atoms with E-state index in [0.717, 1.165) is 11.1 Å². The number of ether oxygens (including phenoxy) is 1. The summed E-state index contributed by atoms with van der Waals surface area (Å²) in [7, 11) is 0. The molecule has 0 unspecified atom stereocenters.